The molecule has 0 bridgehead atoms. The molecule has 2 nitrogen and oxygen atoms in total. The summed E-state index contributed by atoms with van der Waals surface area (Å²) in [5.74, 6) is 6.11. The van der Waals surface area contributed by atoms with E-state index in [4.69, 9.17) is 0 Å². The van der Waals surface area contributed by atoms with Crippen molar-refractivity contribution in [3.05, 3.63) is 0 Å². The van der Waals surface area contributed by atoms with Gasteiger partial charge in [-0.25, -0.2) is 0 Å². The van der Waals surface area contributed by atoms with E-state index >= 15 is 0 Å². The molecule has 0 saturated heterocycles. The number of hydrogen-bond acceptors (Lipinski definition) is 2. The maximum atomic E-state index is 3.22. The van der Waals surface area contributed by atoms with Crippen molar-refractivity contribution in [2.45, 2.75) is 26.7 Å². The van der Waals surface area contributed by atoms with Crippen LogP contribution in [-0.4, -0.2) is 26.2 Å². The van der Waals surface area contributed by atoms with Crippen LogP contribution in [0.1, 0.15) is 29.5 Å². The highest BCUT2D eigenvalue weighted by atomic mass is 14.8. The maximum Gasteiger partial charge on any atom is 0.0577 e. The lowest BCUT2D eigenvalue weighted by molar-refractivity contribution is 0.729. The van der Waals surface area contributed by atoms with Crippen LogP contribution in [-0.2, 0) is 0 Å². The monoisotopic (exact) mass is 172 g/mol. The number of rotatable bonds is 6. The van der Waals surface area contributed by atoms with E-state index in [0.717, 1.165) is 26.2 Å². The Bertz CT molecular complexity index is 127. The minimum absolute atomic E-state index is 0. The third kappa shape index (κ3) is 9.48. The van der Waals surface area contributed by atoms with Gasteiger partial charge in [0, 0.05) is 2.85 Å². The highest BCUT2D eigenvalue weighted by molar-refractivity contribution is 5.02. The smallest absolute Gasteiger partial charge is 0.0577 e. The second-order valence-electron chi connectivity index (χ2n) is 2.71. The minimum atomic E-state index is 0. The molecule has 0 rings (SSSR count). The van der Waals surface area contributed by atoms with Crippen molar-refractivity contribution in [2.24, 2.45) is 0 Å². The molecule has 0 amide bonds. The van der Waals surface area contributed by atoms with Crippen molar-refractivity contribution in [1.29, 1.82) is 0 Å². The number of nitrogens with one attached hydrogen (secondary N) is 2. The van der Waals surface area contributed by atoms with Crippen molar-refractivity contribution >= 4 is 0 Å². The van der Waals surface area contributed by atoms with E-state index in [2.05, 4.69) is 36.3 Å². The summed E-state index contributed by atoms with van der Waals surface area (Å²) in [7, 11) is 0. The Morgan fingerprint density at radius 2 is 1.33 bits per heavy atom. The topological polar surface area (TPSA) is 24.1 Å². The Labute approximate surface area is 79.1 Å². The van der Waals surface area contributed by atoms with Crippen LogP contribution in [0.4, 0.5) is 0 Å². The molecular formula is C10H24N2. The van der Waals surface area contributed by atoms with Crippen molar-refractivity contribution in [2.75, 3.05) is 26.2 Å². The van der Waals surface area contributed by atoms with Crippen LogP contribution in [0.25, 0.3) is 0 Å². The van der Waals surface area contributed by atoms with E-state index in [9.17, 15) is 0 Å². The molecular weight excluding hydrogens is 148 g/mol. The van der Waals surface area contributed by atoms with Crippen molar-refractivity contribution in [3.8, 4) is 11.8 Å². The summed E-state index contributed by atoms with van der Waals surface area (Å²) >= 11 is 0. The van der Waals surface area contributed by atoms with E-state index in [0.29, 0.717) is 0 Å². The predicted molar refractivity (Wildman–Crippen MR) is 58.3 cm³/mol. The summed E-state index contributed by atoms with van der Waals surface area (Å²) in [4.78, 5) is 0. The van der Waals surface area contributed by atoms with Crippen molar-refractivity contribution < 1.29 is 2.85 Å². The van der Waals surface area contributed by atoms with Crippen LogP contribution in [0.3, 0.4) is 0 Å². The first kappa shape index (κ1) is 11.5. The van der Waals surface area contributed by atoms with E-state index in [1.54, 1.807) is 0 Å². The predicted octanol–water partition coefficient (Wildman–Crippen LogP) is 1.48. The summed E-state index contributed by atoms with van der Waals surface area (Å²) in [6.45, 7) is 8.09. The Kier molecular flexibility index (Phi) is 10.0. The van der Waals surface area contributed by atoms with E-state index < -0.39 is 0 Å². The minimum Gasteiger partial charge on any atom is -0.306 e. The lowest BCUT2D eigenvalue weighted by Crippen LogP contribution is -2.16. The maximum absolute atomic E-state index is 3.22. The van der Waals surface area contributed by atoms with Crippen LogP contribution in [0.5, 0.6) is 0 Å². The fourth-order valence-corrected chi connectivity index (χ4v) is 0.780. The first-order chi connectivity index (χ1) is 5.91. The Morgan fingerprint density at radius 3 is 1.67 bits per heavy atom. The van der Waals surface area contributed by atoms with Crippen LogP contribution in [0.2, 0.25) is 0 Å². The molecule has 2 heteroatoms. The van der Waals surface area contributed by atoms with Gasteiger partial charge in [-0.15, -0.1) is 0 Å². The molecule has 0 fully saturated rings. The highest BCUT2D eigenvalue weighted by Gasteiger charge is 1.78. The first-order valence-corrected chi connectivity index (χ1v) is 4.79. The molecule has 0 atom stereocenters. The fraction of sp³-hybridized carbons (Fsp3) is 0.800. The van der Waals surface area contributed by atoms with Gasteiger partial charge in [0.2, 0.25) is 0 Å². The molecule has 0 radical (unpaired) electrons. The fourth-order valence-electron chi connectivity index (χ4n) is 0.780. The third-order valence-electron chi connectivity index (χ3n) is 1.41. The van der Waals surface area contributed by atoms with Gasteiger partial charge in [0.1, 0.15) is 0 Å². The van der Waals surface area contributed by atoms with E-state index in [1.165, 1.54) is 12.8 Å². The van der Waals surface area contributed by atoms with E-state index in [1.807, 2.05) is 0 Å². The molecule has 0 aromatic rings. The van der Waals surface area contributed by atoms with Crippen LogP contribution in [0.15, 0.2) is 0 Å². The SMILES string of the molecule is CCCNCC#CCNCCC.[HH].[HH]. The van der Waals surface area contributed by atoms with Gasteiger partial charge in [0.05, 0.1) is 13.1 Å². The standard InChI is InChI=1S/C10H20N2.2H2/c1-3-7-11-9-5-6-10-12-8-4-2;;/h11-12H,3-4,7-10H2,1-2H3;2*1H. The third-order valence-corrected chi connectivity index (χ3v) is 1.41. The molecule has 12 heavy (non-hydrogen) atoms. The van der Waals surface area contributed by atoms with Crippen molar-refractivity contribution in [3.63, 3.8) is 0 Å². The quantitative estimate of drug-likeness (QED) is 0.468. The van der Waals surface area contributed by atoms with Crippen LogP contribution >= 0.6 is 0 Å². The van der Waals surface area contributed by atoms with Gasteiger partial charge >= 0.3 is 0 Å². The average molecular weight is 172 g/mol. The zero-order chi connectivity index (χ0) is 9.07. The summed E-state index contributed by atoms with van der Waals surface area (Å²) in [6.07, 6.45) is 2.35. The molecule has 0 aliphatic rings. The lowest BCUT2D eigenvalue weighted by Gasteiger charge is -1.95. The summed E-state index contributed by atoms with van der Waals surface area (Å²) in [5, 5.41) is 6.45. The molecule has 0 aliphatic heterocycles. The van der Waals surface area contributed by atoms with Crippen LogP contribution < -0.4 is 10.6 Å². The van der Waals surface area contributed by atoms with Crippen LogP contribution in [0, 0.1) is 11.8 Å². The van der Waals surface area contributed by atoms with Crippen molar-refractivity contribution in [1.82, 2.24) is 10.6 Å². The van der Waals surface area contributed by atoms with E-state index in [-0.39, 0.29) is 2.85 Å². The molecule has 0 unspecified atom stereocenters. The zero-order valence-corrected chi connectivity index (χ0v) is 8.24. The zero-order valence-electron chi connectivity index (χ0n) is 8.24. The summed E-state index contributed by atoms with van der Waals surface area (Å²) in [5.41, 5.74) is 0. The van der Waals surface area contributed by atoms with Gasteiger partial charge < -0.3 is 10.6 Å². The number of hydrogen-bond donors (Lipinski definition) is 2. The normalized spacial score (nSPS) is 9.17. The molecule has 2 N–H and O–H groups in total. The molecule has 0 saturated carbocycles. The summed E-state index contributed by atoms with van der Waals surface area (Å²) < 4.78 is 0. The highest BCUT2D eigenvalue weighted by Crippen LogP contribution is 1.68. The summed E-state index contributed by atoms with van der Waals surface area (Å²) in [6, 6.07) is 0. The lowest BCUT2D eigenvalue weighted by atomic mass is 10.4. The Morgan fingerprint density at radius 1 is 0.917 bits per heavy atom. The largest absolute Gasteiger partial charge is 0.306 e. The molecule has 0 heterocycles. The molecule has 0 aromatic carbocycles. The first-order valence-electron chi connectivity index (χ1n) is 4.79. The molecule has 0 aliphatic carbocycles. The van der Waals surface area contributed by atoms with Gasteiger partial charge in [-0.2, -0.15) is 0 Å². The molecule has 0 spiro atoms. The molecule has 74 valence electrons. The Balaban J connectivity index is -0.000000605. The Hall–Kier alpha value is -0.520. The second-order valence-corrected chi connectivity index (χ2v) is 2.71. The average Bonchev–Trinajstić information content (AvgIpc) is 2.10. The van der Waals surface area contributed by atoms with Gasteiger partial charge in [0.25, 0.3) is 0 Å². The second kappa shape index (κ2) is 10.5. The molecule has 0 aromatic heterocycles. The van der Waals surface area contributed by atoms with Gasteiger partial charge in [-0.05, 0) is 25.9 Å². The van der Waals surface area contributed by atoms with Gasteiger partial charge in [-0.1, -0.05) is 25.7 Å². The van der Waals surface area contributed by atoms with Gasteiger partial charge in [0.15, 0.2) is 0 Å². The van der Waals surface area contributed by atoms with Gasteiger partial charge in [-0.3, -0.25) is 0 Å².